The maximum atomic E-state index is 11.6. The van der Waals surface area contributed by atoms with Gasteiger partial charge in [0.15, 0.2) is 0 Å². The van der Waals surface area contributed by atoms with Crippen LogP contribution in [0.15, 0.2) is 0 Å². The van der Waals surface area contributed by atoms with Crippen LogP contribution in [0.5, 0.6) is 0 Å². The summed E-state index contributed by atoms with van der Waals surface area (Å²) in [7, 11) is 0. The van der Waals surface area contributed by atoms with Gasteiger partial charge in [-0.2, -0.15) is 0 Å². The molecule has 0 radical (unpaired) electrons. The Hall–Kier alpha value is -0.770. The summed E-state index contributed by atoms with van der Waals surface area (Å²) < 4.78 is 0. The van der Waals surface area contributed by atoms with Crippen LogP contribution < -0.4 is 16.6 Å². The molecule has 96 valence electrons. The number of nitrogens with one attached hydrogen (secondary N) is 2. The lowest BCUT2D eigenvalue weighted by Gasteiger charge is -2.65. The molecule has 4 aliphatic rings. The van der Waals surface area contributed by atoms with Gasteiger partial charge in [0.05, 0.1) is 0 Å². The molecule has 0 aromatic rings. The van der Waals surface area contributed by atoms with Crippen LogP contribution in [0.4, 0.5) is 4.79 Å². The first kappa shape index (κ1) is 11.3. The fourth-order valence-corrected chi connectivity index (χ4v) is 5.86. The molecule has 4 N–H and O–H groups in total. The summed E-state index contributed by atoms with van der Waals surface area (Å²) in [6.07, 6.45) is 7.40. The van der Waals surface area contributed by atoms with Crippen molar-refractivity contribution in [3.63, 3.8) is 0 Å². The first-order chi connectivity index (χ1) is 7.86. The number of rotatable bonds is 1. The second kappa shape index (κ2) is 3.16. The third kappa shape index (κ3) is 1.73. The molecule has 0 aromatic heterocycles. The lowest BCUT2D eigenvalue weighted by Crippen LogP contribution is -2.66. The minimum Gasteiger partial charge on any atom is -0.332 e. The molecule has 4 nitrogen and oxygen atoms in total. The topological polar surface area (TPSA) is 67.2 Å². The fraction of sp³-hybridized carbons (Fsp3) is 0.923. The third-order valence-electron chi connectivity index (χ3n) is 5.14. The Balaban J connectivity index is 1.89. The number of hydrogen-bond acceptors (Lipinski definition) is 2. The van der Waals surface area contributed by atoms with E-state index in [2.05, 4.69) is 24.6 Å². The quantitative estimate of drug-likeness (QED) is 0.370. The number of nitrogens with two attached hydrogens (primary N) is 1. The predicted octanol–water partition coefficient (Wildman–Crippen LogP) is 1.91. The molecule has 2 unspecified atom stereocenters. The molecule has 4 rings (SSSR count). The number of amides is 2. The van der Waals surface area contributed by atoms with Gasteiger partial charge >= 0.3 is 6.03 Å². The van der Waals surface area contributed by atoms with Crippen molar-refractivity contribution in [3.8, 4) is 0 Å². The largest absolute Gasteiger partial charge is 0.332 e. The summed E-state index contributed by atoms with van der Waals surface area (Å²) in [6, 6.07) is -0.223. The number of hydrogen-bond donors (Lipinski definition) is 3. The van der Waals surface area contributed by atoms with Crippen molar-refractivity contribution >= 4 is 6.03 Å². The molecular formula is C13H23N3O. The van der Waals surface area contributed by atoms with Crippen molar-refractivity contribution in [1.82, 2.24) is 10.7 Å². The average Bonchev–Trinajstić information content (AvgIpc) is 2.10. The van der Waals surface area contributed by atoms with Gasteiger partial charge in [0.1, 0.15) is 0 Å². The lowest BCUT2D eigenvalue weighted by atomic mass is 9.43. The SMILES string of the molecule is CC12CC3CC(C)(C1)CC(NC(=O)NN)(C3)C2. The van der Waals surface area contributed by atoms with Crippen molar-refractivity contribution in [3.05, 3.63) is 0 Å². The van der Waals surface area contributed by atoms with Crippen LogP contribution in [0.3, 0.4) is 0 Å². The van der Waals surface area contributed by atoms with Crippen molar-refractivity contribution in [2.24, 2.45) is 22.6 Å². The zero-order valence-electron chi connectivity index (χ0n) is 10.8. The fourth-order valence-electron chi connectivity index (χ4n) is 5.86. The Labute approximate surface area is 103 Å². The molecule has 2 amide bonds. The number of carbonyl (C=O) groups is 1. The molecule has 0 aromatic carbocycles. The van der Waals surface area contributed by atoms with E-state index in [0.29, 0.717) is 10.8 Å². The van der Waals surface area contributed by atoms with Gasteiger partial charge in [0.25, 0.3) is 0 Å². The molecule has 0 aliphatic heterocycles. The highest BCUT2D eigenvalue weighted by atomic mass is 16.2. The summed E-state index contributed by atoms with van der Waals surface area (Å²) in [5, 5.41) is 3.15. The maximum Gasteiger partial charge on any atom is 0.329 e. The van der Waals surface area contributed by atoms with Crippen LogP contribution in [0.2, 0.25) is 0 Å². The zero-order valence-corrected chi connectivity index (χ0v) is 10.8. The van der Waals surface area contributed by atoms with E-state index in [1.807, 2.05) is 0 Å². The van der Waals surface area contributed by atoms with Gasteiger partial charge in [0, 0.05) is 5.54 Å². The summed E-state index contributed by atoms with van der Waals surface area (Å²) in [5.74, 6) is 6.00. The maximum absolute atomic E-state index is 11.6. The van der Waals surface area contributed by atoms with E-state index in [0.717, 1.165) is 25.2 Å². The van der Waals surface area contributed by atoms with Gasteiger partial charge in [-0.25, -0.2) is 10.6 Å². The molecule has 4 saturated carbocycles. The highest BCUT2D eigenvalue weighted by molar-refractivity contribution is 5.74. The average molecular weight is 237 g/mol. The summed E-state index contributed by atoms with van der Waals surface area (Å²) in [6.45, 7) is 4.79. The van der Waals surface area contributed by atoms with Crippen LogP contribution in [-0.4, -0.2) is 11.6 Å². The smallest absolute Gasteiger partial charge is 0.329 e. The second-order valence-corrected chi connectivity index (χ2v) is 7.51. The molecule has 0 heterocycles. The van der Waals surface area contributed by atoms with Gasteiger partial charge in [-0.3, -0.25) is 5.43 Å². The monoisotopic (exact) mass is 237 g/mol. The van der Waals surface area contributed by atoms with Crippen LogP contribution >= 0.6 is 0 Å². The Morgan fingerprint density at radius 3 is 2.18 bits per heavy atom. The normalized spacial score (nSPS) is 51.4. The highest BCUT2D eigenvalue weighted by Gasteiger charge is 2.60. The summed E-state index contributed by atoms with van der Waals surface area (Å²) >= 11 is 0. The molecule has 4 bridgehead atoms. The van der Waals surface area contributed by atoms with Crippen molar-refractivity contribution in [1.29, 1.82) is 0 Å². The molecule has 17 heavy (non-hydrogen) atoms. The molecule has 0 saturated heterocycles. The Morgan fingerprint density at radius 1 is 1.12 bits per heavy atom. The molecule has 0 spiro atoms. The Kier molecular flexibility index (Phi) is 2.11. The van der Waals surface area contributed by atoms with Crippen LogP contribution in [-0.2, 0) is 0 Å². The predicted molar refractivity (Wildman–Crippen MR) is 66.0 cm³/mol. The molecule has 4 aliphatic carbocycles. The lowest BCUT2D eigenvalue weighted by molar-refractivity contribution is -0.113. The Morgan fingerprint density at radius 2 is 1.71 bits per heavy atom. The van der Waals surface area contributed by atoms with E-state index < -0.39 is 0 Å². The molecule has 4 fully saturated rings. The zero-order chi connectivity index (χ0) is 12.3. The second-order valence-electron chi connectivity index (χ2n) is 7.51. The minimum absolute atomic E-state index is 0.00632. The van der Waals surface area contributed by atoms with E-state index in [1.165, 1.54) is 19.3 Å². The first-order valence-electron chi connectivity index (χ1n) is 6.65. The van der Waals surface area contributed by atoms with Crippen LogP contribution in [0, 0.1) is 16.7 Å². The molecule has 4 heteroatoms. The van der Waals surface area contributed by atoms with E-state index >= 15 is 0 Å². The van der Waals surface area contributed by atoms with E-state index in [9.17, 15) is 4.79 Å². The van der Waals surface area contributed by atoms with E-state index in [4.69, 9.17) is 5.84 Å². The van der Waals surface area contributed by atoms with Gasteiger partial charge in [-0.15, -0.1) is 0 Å². The molecule has 2 atom stereocenters. The highest BCUT2D eigenvalue weighted by Crippen LogP contribution is 2.66. The van der Waals surface area contributed by atoms with Gasteiger partial charge < -0.3 is 5.32 Å². The standard InChI is InChI=1S/C13H23N3O/c1-11-3-9-4-12(2,6-11)8-13(5-9,7-11)15-10(17)16-14/h9H,3-8,14H2,1-2H3,(H2,15,16,17). The summed E-state index contributed by atoms with van der Waals surface area (Å²) in [4.78, 5) is 11.6. The number of hydrazine groups is 1. The minimum atomic E-state index is -0.223. The Bertz CT molecular complexity index is 350. The first-order valence-corrected chi connectivity index (χ1v) is 6.65. The molecular weight excluding hydrogens is 214 g/mol. The van der Waals surface area contributed by atoms with Gasteiger partial charge in [-0.05, 0) is 55.3 Å². The van der Waals surface area contributed by atoms with Crippen molar-refractivity contribution in [2.75, 3.05) is 0 Å². The van der Waals surface area contributed by atoms with Crippen LogP contribution in [0.25, 0.3) is 0 Å². The van der Waals surface area contributed by atoms with E-state index in [-0.39, 0.29) is 11.6 Å². The van der Waals surface area contributed by atoms with Crippen molar-refractivity contribution < 1.29 is 4.79 Å². The summed E-state index contributed by atoms with van der Waals surface area (Å²) in [5.41, 5.74) is 3.07. The van der Waals surface area contributed by atoms with Gasteiger partial charge in [-0.1, -0.05) is 13.8 Å². The van der Waals surface area contributed by atoms with E-state index in [1.54, 1.807) is 0 Å². The van der Waals surface area contributed by atoms with Gasteiger partial charge in [0.2, 0.25) is 0 Å². The number of carbonyl (C=O) groups excluding carboxylic acids is 1. The number of urea groups is 1. The van der Waals surface area contributed by atoms with Crippen molar-refractivity contribution in [2.45, 2.75) is 57.9 Å². The van der Waals surface area contributed by atoms with Crippen LogP contribution in [0.1, 0.15) is 52.4 Å². The third-order valence-corrected chi connectivity index (χ3v) is 5.14.